The van der Waals surface area contributed by atoms with Crippen LogP contribution in [0.25, 0.3) is 0 Å². The monoisotopic (exact) mass is 445 g/mol. The van der Waals surface area contributed by atoms with E-state index in [0.29, 0.717) is 31.1 Å². The van der Waals surface area contributed by atoms with E-state index in [1.54, 1.807) is 30.3 Å². The lowest BCUT2D eigenvalue weighted by atomic mass is 10.0. The molecule has 1 aliphatic heterocycles. The van der Waals surface area contributed by atoms with Crippen LogP contribution >= 0.6 is 0 Å². The fourth-order valence-electron chi connectivity index (χ4n) is 3.71. The van der Waals surface area contributed by atoms with Crippen LogP contribution in [0.1, 0.15) is 37.3 Å². The molecule has 3 atom stereocenters. The van der Waals surface area contributed by atoms with E-state index < -0.39 is 24.0 Å². The highest BCUT2D eigenvalue weighted by Crippen LogP contribution is 2.34. The Bertz CT molecular complexity index is 946. The van der Waals surface area contributed by atoms with E-state index in [9.17, 15) is 24.2 Å². The second-order valence-electron chi connectivity index (χ2n) is 8.43. The molecule has 0 saturated carbocycles. The molecule has 0 amide bonds. The first kappa shape index (κ1) is 23.5. The lowest BCUT2D eigenvalue weighted by Gasteiger charge is -2.22. The Morgan fingerprint density at radius 3 is 2.44 bits per heavy atom. The molecule has 3 rings (SSSR count). The summed E-state index contributed by atoms with van der Waals surface area (Å²) in [6.45, 7) is 4.52. The second kappa shape index (κ2) is 10.5. The van der Waals surface area contributed by atoms with Crippen LogP contribution < -0.4 is 14.8 Å². The molecule has 0 spiro atoms. The maximum Gasteiger partial charge on any atom is 0.321 e. The molecule has 1 heterocycles. The van der Waals surface area contributed by atoms with E-state index >= 15 is 0 Å². The minimum atomic E-state index is -1.10. The van der Waals surface area contributed by atoms with Crippen molar-refractivity contribution in [3.05, 3.63) is 59.4 Å². The molecule has 32 heavy (non-hydrogen) atoms. The largest absolute Gasteiger partial charge is 0.493 e. The van der Waals surface area contributed by atoms with Crippen LogP contribution in [0.5, 0.6) is 11.5 Å². The molecule has 0 saturated heterocycles. The summed E-state index contributed by atoms with van der Waals surface area (Å²) in [4.78, 5) is 23.1. The summed E-state index contributed by atoms with van der Waals surface area (Å²) in [6, 6.07) is 9.46. The van der Waals surface area contributed by atoms with Gasteiger partial charge in [0.05, 0.1) is 19.1 Å². The standard InChI is InChI=1S/C24H28FNO6/c1-14(2)9-20(23(27)28)26-21(24(29)30)10-15-3-6-18(7-4-15)31-12-16-13-32-22-8-5-17(25)11-19(16)22/h3-8,11,14,16,20-21,26H,9-10,12-13H2,1-2H3,(H,27,28)(H,29,30). The van der Waals surface area contributed by atoms with Crippen LogP contribution in [-0.2, 0) is 16.0 Å². The van der Waals surface area contributed by atoms with Crippen molar-refractivity contribution in [2.75, 3.05) is 13.2 Å². The first-order chi connectivity index (χ1) is 15.2. The summed E-state index contributed by atoms with van der Waals surface area (Å²) in [5.41, 5.74) is 1.52. The molecule has 2 aromatic rings. The summed E-state index contributed by atoms with van der Waals surface area (Å²) in [5.74, 6) is -1.18. The summed E-state index contributed by atoms with van der Waals surface area (Å²) < 4.78 is 24.9. The minimum absolute atomic E-state index is 0.0742. The topological polar surface area (TPSA) is 105 Å². The van der Waals surface area contributed by atoms with Crippen molar-refractivity contribution in [3.63, 3.8) is 0 Å². The molecule has 3 unspecified atom stereocenters. The highest BCUT2D eigenvalue weighted by Gasteiger charge is 2.27. The van der Waals surface area contributed by atoms with Gasteiger partial charge in [-0.15, -0.1) is 0 Å². The van der Waals surface area contributed by atoms with Gasteiger partial charge in [-0.1, -0.05) is 26.0 Å². The molecular weight excluding hydrogens is 417 g/mol. The number of benzene rings is 2. The molecular formula is C24H28FNO6. The molecule has 0 radical (unpaired) electrons. The maximum atomic E-state index is 13.5. The van der Waals surface area contributed by atoms with Crippen molar-refractivity contribution < 1.29 is 33.7 Å². The lowest BCUT2D eigenvalue weighted by molar-refractivity contribution is -0.142. The van der Waals surface area contributed by atoms with Gasteiger partial charge in [0.2, 0.25) is 0 Å². The summed E-state index contributed by atoms with van der Waals surface area (Å²) >= 11 is 0. The average Bonchev–Trinajstić information content (AvgIpc) is 3.13. The molecule has 0 aromatic heterocycles. The second-order valence-corrected chi connectivity index (χ2v) is 8.43. The number of ether oxygens (including phenoxy) is 2. The van der Waals surface area contributed by atoms with Gasteiger partial charge >= 0.3 is 11.9 Å². The van der Waals surface area contributed by atoms with Gasteiger partial charge in [-0.2, -0.15) is 0 Å². The molecule has 0 fully saturated rings. The van der Waals surface area contributed by atoms with Crippen molar-refractivity contribution in [3.8, 4) is 11.5 Å². The van der Waals surface area contributed by atoms with Crippen molar-refractivity contribution in [2.24, 2.45) is 5.92 Å². The molecule has 8 heteroatoms. The smallest absolute Gasteiger partial charge is 0.321 e. The predicted octanol–water partition coefficient (Wildman–Crippen LogP) is 3.47. The Morgan fingerprint density at radius 2 is 1.81 bits per heavy atom. The van der Waals surface area contributed by atoms with Gasteiger partial charge in [0, 0.05) is 5.56 Å². The Morgan fingerprint density at radius 1 is 1.12 bits per heavy atom. The van der Waals surface area contributed by atoms with Crippen LogP contribution in [-0.4, -0.2) is 47.4 Å². The van der Waals surface area contributed by atoms with Gasteiger partial charge in [0.15, 0.2) is 0 Å². The fourth-order valence-corrected chi connectivity index (χ4v) is 3.71. The van der Waals surface area contributed by atoms with Crippen LogP contribution in [0.15, 0.2) is 42.5 Å². The Hall–Kier alpha value is -3.13. The number of hydrogen-bond donors (Lipinski definition) is 3. The summed E-state index contributed by atoms with van der Waals surface area (Å²) in [6.07, 6.45) is 0.477. The number of carboxylic acid groups (broad SMARTS) is 2. The SMILES string of the molecule is CC(C)CC(NC(Cc1ccc(OCC2COc3ccc(F)cc32)cc1)C(=O)O)C(=O)O. The van der Waals surface area contributed by atoms with Crippen molar-refractivity contribution in [2.45, 2.75) is 44.7 Å². The number of rotatable bonds is 11. The molecule has 7 nitrogen and oxygen atoms in total. The third-order valence-electron chi connectivity index (χ3n) is 5.37. The number of nitrogens with one attached hydrogen (secondary N) is 1. The Labute approximate surface area is 186 Å². The number of halogens is 1. The van der Waals surface area contributed by atoms with Crippen LogP contribution in [0.4, 0.5) is 4.39 Å². The predicted molar refractivity (Wildman–Crippen MR) is 116 cm³/mol. The highest BCUT2D eigenvalue weighted by atomic mass is 19.1. The first-order valence-corrected chi connectivity index (χ1v) is 10.6. The number of hydrogen-bond acceptors (Lipinski definition) is 5. The first-order valence-electron chi connectivity index (χ1n) is 10.6. The maximum absolute atomic E-state index is 13.5. The molecule has 2 aromatic carbocycles. The zero-order valence-electron chi connectivity index (χ0n) is 18.1. The number of aliphatic carboxylic acids is 2. The molecule has 0 aliphatic carbocycles. The molecule has 3 N–H and O–H groups in total. The van der Waals surface area contributed by atoms with E-state index in [1.165, 1.54) is 12.1 Å². The van der Waals surface area contributed by atoms with E-state index in [0.717, 1.165) is 11.1 Å². The van der Waals surface area contributed by atoms with Gasteiger partial charge in [-0.3, -0.25) is 14.9 Å². The summed E-state index contributed by atoms with van der Waals surface area (Å²) in [7, 11) is 0. The van der Waals surface area contributed by atoms with Crippen molar-refractivity contribution in [1.82, 2.24) is 5.32 Å². The fraction of sp³-hybridized carbons (Fsp3) is 0.417. The van der Waals surface area contributed by atoms with Crippen LogP contribution in [0, 0.1) is 11.7 Å². The Balaban J connectivity index is 1.58. The van der Waals surface area contributed by atoms with Crippen LogP contribution in [0.2, 0.25) is 0 Å². The van der Waals surface area contributed by atoms with E-state index in [2.05, 4.69) is 5.32 Å². The number of carbonyl (C=O) groups is 2. The van der Waals surface area contributed by atoms with E-state index in [-0.39, 0.29) is 24.1 Å². The quantitative estimate of drug-likeness (QED) is 0.486. The average molecular weight is 445 g/mol. The van der Waals surface area contributed by atoms with Crippen molar-refractivity contribution >= 4 is 11.9 Å². The summed E-state index contributed by atoms with van der Waals surface area (Å²) in [5, 5.41) is 21.7. The zero-order valence-corrected chi connectivity index (χ0v) is 18.1. The van der Waals surface area contributed by atoms with Gasteiger partial charge in [-0.05, 0) is 54.7 Å². The van der Waals surface area contributed by atoms with Gasteiger partial charge in [0.1, 0.15) is 29.4 Å². The normalized spacial score (nSPS) is 16.8. The van der Waals surface area contributed by atoms with Crippen molar-refractivity contribution in [1.29, 1.82) is 0 Å². The van der Waals surface area contributed by atoms with Gasteiger partial charge < -0.3 is 19.7 Å². The lowest BCUT2D eigenvalue weighted by Crippen LogP contribution is -2.48. The third kappa shape index (κ3) is 6.20. The minimum Gasteiger partial charge on any atom is -0.493 e. The van der Waals surface area contributed by atoms with Crippen LogP contribution in [0.3, 0.4) is 0 Å². The number of carboxylic acids is 2. The highest BCUT2D eigenvalue weighted by molar-refractivity contribution is 5.77. The van der Waals surface area contributed by atoms with E-state index in [4.69, 9.17) is 9.47 Å². The van der Waals surface area contributed by atoms with Gasteiger partial charge in [0.25, 0.3) is 0 Å². The molecule has 1 aliphatic rings. The zero-order chi connectivity index (χ0) is 23.3. The molecule has 172 valence electrons. The Kier molecular flexibility index (Phi) is 7.69. The van der Waals surface area contributed by atoms with Gasteiger partial charge in [-0.25, -0.2) is 4.39 Å². The van der Waals surface area contributed by atoms with E-state index in [1.807, 2.05) is 13.8 Å². The third-order valence-corrected chi connectivity index (χ3v) is 5.37. The number of fused-ring (bicyclic) bond motifs is 1. The molecule has 0 bridgehead atoms.